The number of carbonyl (C=O) groups is 3. The Hall–Kier alpha value is -2.46. The molecule has 0 aliphatic carbocycles. The topological polar surface area (TPSA) is 136 Å². The van der Waals surface area contributed by atoms with E-state index in [-0.39, 0.29) is 22.9 Å². The highest BCUT2D eigenvalue weighted by Gasteiger charge is 2.20. The summed E-state index contributed by atoms with van der Waals surface area (Å²) in [5.41, 5.74) is 0.0273. The summed E-state index contributed by atoms with van der Waals surface area (Å²) in [7, 11) is -2.57. The van der Waals surface area contributed by atoms with Crippen LogP contribution in [0.15, 0.2) is 23.1 Å². The van der Waals surface area contributed by atoms with Gasteiger partial charge in [-0.1, -0.05) is 6.07 Å². The minimum absolute atomic E-state index is 0.0116. The maximum Gasteiger partial charge on any atom is 0.338 e. The second kappa shape index (κ2) is 8.49. The molecule has 27 heavy (non-hydrogen) atoms. The molecule has 1 aromatic carbocycles. The molecule has 0 spiro atoms. The van der Waals surface area contributed by atoms with Gasteiger partial charge in [0.25, 0.3) is 5.91 Å². The molecule has 1 rings (SSSR count). The highest BCUT2D eigenvalue weighted by molar-refractivity contribution is 7.89. The van der Waals surface area contributed by atoms with Crippen LogP contribution in [0, 0.1) is 6.92 Å². The predicted octanol–water partition coefficient (Wildman–Crippen LogP) is 0.172. The number of aryl methyl sites for hydroxylation is 1. The number of nitrogens with zero attached hydrogens (tertiary/aromatic N) is 1. The first-order valence-corrected chi connectivity index (χ1v) is 9.61. The zero-order valence-electron chi connectivity index (χ0n) is 16.0. The van der Waals surface area contributed by atoms with Gasteiger partial charge in [0.1, 0.15) is 0 Å². The number of nitrogens with two attached hydrogens (primary N) is 1. The molecule has 0 atom stereocenters. The Balaban J connectivity index is 2.71. The Kier molecular flexibility index (Phi) is 7.10. The highest BCUT2D eigenvalue weighted by atomic mass is 32.2. The first-order valence-electron chi connectivity index (χ1n) is 8.06. The van der Waals surface area contributed by atoms with E-state index < -0.39 is 34.0 Å². The molecule has 0 fully saturated rings. The van der Waals surface area contributed by atoms with Crippen molar-refractivity contribution in [3.05, 3.63) is 29.3 Å². The summed E-state index contributed by atoms with van der Waals surface area (Å²) < 4.78 is 27.8. The lowest BCUT2D eigenvalue weighted by atomic mass is 10.1. The molecule has 0 aliphatic heterocycles. The number of sulfonamides is 1. The van der Waals surface area contributed by atoms with Gasteiger partial charge in [-0.25, -0.2) is 18.4 Å². The van der Waals surface area contributed by atoms with E-state index >= 15 is 0 Å². The minimum atomic E-state index is -3.98. The minimum Gasteiger partial charge on any atom is -0.452 e. The number of hydrogen-bond acceptors (Lipinski definition) is 6. The monoisotopic (exact) mass is 399 g/mol. The van der Waals surface area contributed by atoms with Gasteiger partial charge >= 0.3 is 5.97 Å². The maximum atomic E-state index is 12.2. The maximum absolute atomic E-state index is 12.2. The number of nitrogens with one attached hydrogen (secondary N) is 1. The van der Waals surface area contributed by atoms with E-state index in [9.17, 15) is 22.8 Å². The number of likely N-dealkylation sites (N-methyl/N-ethyl adjacent to an activating group) is 1. The number of rotatable bonds is 6. The smallest absolute Gasteiger partial charge is 0.338 e. The van der Waals surface area contributed by atoms with Crippen LogP contribution >= 0.6 is 0 Å². The van der Waals surface area contributed by atoms with Gasteiger partial charge in [-0.15, -0.1) is 0 Å². The summed E-state index contributed by atoms with van der Waals surface area (Å²) in [5.74, 6) is -1.78. The molecule has 3 N–H and O–H groups in total. The molecule has 0 radical (unpaired) electrons. The van der Waals surface area contributed by atoms with Crippen LogP contribution in [0.3, 0.4) is 0 Å². The normalized spacial score (nSPS) is 11.6. The van der Waals surface area contributed by atoms with Crippen molar-refractivity contribution in [1.29, 1.82) is 0 Å². The summed E-state index contributed by atoms with van der Waals surface area (Å²) in [6.07, 6.45) is 0. The second-order valence-electron chi connectivity index (χ2n) is 7.15. The van der Waals surface area contributed by atoms with Crippen molar-refractivity contribution in [2.45, 2.75) is 38.1 Å². The summed E-state index contributed by atoms with van der Waals surface area (Å²) in [5, 5.41) is 7.76. The third kappa shape index (κ3) is 7.35. The number of esters is 1. The van der Waals surface area contributed by atoms with Crippen LogP contribution in [0.4, 0.5) is 0 Å². The van der Waals surface area contributed by atoms with Crippen molar-refractivity contribution < 1.29 is 27.5 Å². The number of amides is 2. The second-order valence-corrected chi connectivity index (χ2v) is 8.71. The quantitative estimate of drug-likeness (QED) is 0.655. The van der Waals surface area contributed by atoms with E-state index in [1.807, 2.05) is 20.8 Å². The molecule has 10 heteroatoms. The van der Waals surface area contributed by atoms with Crippen LogP contribution in [-0.4, -0.2) is 56.8 Å². The summed E-state index contributed by atoms with van der Waals surface area (Å²) in [6.45, 7) is 6.25. The lowest BCUT2D eigenvalue weighted by Crippen LogP contribution is -2.46. The first kappa shape index (κ1) is 22.6. The molecule has 0 saturated heterocycles. The number of ether oxygens (including phenoxy) is 1. The van der Waals surface area contributed by atoms with Crippen molar-refractivity contribution in [3.63, 3.8) is 0 Å². The molecule has 9 nitrogen and oxygen atoms in total. The van der Waals surface area contributed by atoms with Crippen molar-refractivity contribution >= 4 is 27.8 Å². The van der Waals surface area contributed by atoms with Crippen LogP contribution in [0.1, 0.15) is 36.7 Å². The van der Waals surface area contributed by atoms with Crippen LogP contribution in [-0.2, 0) is 24.3 Å². The van der Waals surface area contributed by atoms with Crippen molar-refractivity contribution in [1.82, 2.24) is 10.2 Å². The molecule has 0 unspecified atom stereocenters. The van der Waals surface area contributed by atoms with Gasteiger partial charge in [0.2, 0.25) is 15.9 Å². The number of carbonyl (C=O) groups excluding carboxylic acids is 3. The first-order chi connectivity index (χ1) is 12.2. The van der Waals surface area contributed by atoms with Crippen LogP contribution in [0.2, 0.25) is 0 Å². The Morgan fingerprint density at radius 1 is 1.22 bits per heavy atom. The molecular weight excluding hydrogens is 374 g/mol. The average Bonchev–Trinajstić information content (AvgIpc) is 2.49. The fraction of sp³-hybridized carbons (Fsp3) is 0.471. The van der Waals surface area contributed by atoms with Crippen LogP contribution in [0.25, 0.3) is 0 Å². The van der Waals surface area contributed by atoms with Crippen molar-refractivity contribution in [3.8, 4) is 0 Å². The van der Waals surface area contributed by atoms with E-state index in [1.54, 1.807) is 6.92 Å². The molecule has 0 aromatic heterocycles. The Morgan fingerprint density at radius 3 is 2.33 bits per heavy atom. The van der Waals surface area contributed by atoms with Gasteiger partial charge in [0.05, 0.1) is 17.0 Å². The summed E-state index contributed by atoms with van der Waals surface area (Å²) in [6, 6.07) is 3.79. The van der Waals surface area contributed by atoms with E-state index in [4.69, 9.17) is 9.88 Å². The van der Waals surface area contributed by atoms with E-state index in [0.717, 1.165) is 11.0 Å². The number of hydrogen-bond donors (Lipinski definition) is 2. The molecule has 0 saturated carbocycles. The van der Waals surface area contributed by atoms with E-state index in [2.05, 4.69) is 5.32 Å². The Morgan fingerprint density at radius 2 is 1.81 bits per heavy atom. The van der Waals surface area contributed by atoms with E-state index in [1.165, 1.54) is 19.2 Å². The highest BCUT2D eigenvalue weighted by Crippen LogP contribution is 2.15. The van der Waals surface area contributed by atoms with E-state index in [0.29, 0.717) is 5.56 Å². The molecule has 0 heterocycles. The number of benzene rings is 1. The Bertz CT molecular complexity index is 843. The molecule has 0 bridgehead atoms. The van der Waals surface area contributed by atoms with Crippen molar-refractivity contribution in [2.24, 2.45) is 5.14 Å². The molecular formula is C17H25N3O6S. The standard InChI is InChI=1S/C17H25N3O6S/c1-11-6-7-12(27(18,24)25)8-13(11)16(23)26-10-15(22)20(5)9-14(21)19-17(2,3)4/h6-8H,9-10H2,1-5H3,(H,19,21)(H2,18,24,25). The SMILES string of the molecule is Cc1ccc(S(N)(=O)=O)cc1C(=O)OCC(=O)N(C)CC(=O)NC(C)(C)C. The summed E-state index contributed by atoms with van der Waals surface area (Å²) in [4.78, 5) is 36.9. The molecule has 0 aliphatic rings. The fourth-order valence-corrected chi connectivity index (χ4v) is 2.61. The van der Waals surface area contributed by atoms with Gasteiger partial charge in [-0.3, -0.25) is 9.59 Å². The lowest BCUT2D eigenvalue weighted by molar-refractivity contribution is -0.137. The zero-order chi connectivity index (χ0) is 21.0. The van der Waals surface area contributed by atoms with Crippen molar-refractivity contribution in [2.75, 3.05) is 20.2 Å². The molecule has 150 valence electrons. The van der Waals surface area contributed by atoms with Crippen LogP contribution < -0.4 is 10.5 Å². The number of primary sulfonamides is 1. The largest absolute Gasteiger partial charge is 0.452 e. The molecule has 1 aromatic rings. The average molecular weight is 399 g/mol. The van der Waals surface area contributed by atoms with Gasteiger partial charge in [-0.05, 0) is 45.4 Å². The summed E-state index contributed by atoms with van der Waals surface area (Å²) >= 11 is 0. The van der Waals surface area contributed by atoms with Gasteiger partial charge in [0.15, 0.2) is 6.61 Å². The third-order valence-corrected chi connectivity index (χ3v) is 4.32. The molecule has 2 amide bonds. The predicted molar refractivity (Wildman–Crippen MR) is 98.4 cm³/mol. The fourth-order valence-electron chi connectivity index (χ4n) is 2.07. The Labute approximate surface area is 158 Å². The van der Waals surface area contributed by atoms with Crippen LogP contribution in [0.5, 0.6) is 0 Å². The lowest BCUT2D eigenvalue weighted by Gasteiger charge is -2.23. The third-order valence-electron chi connectivity index (χ3n) is 3.41. The van der Waals surface area contributed by atoms with Gasteiger partial charge < -0.3 is 15.0 Å². The zero-order valence-corrected chi connectivity index (χ0v) is 16.8. The van der Waals surface area contributed by atoms with Gasteiger partial charge in [0, 0.05) is 12.6 Å². The van der Waals surface area contributed by atoms with Gasteiger partial charge in [-0.2, -0.15) is 0 Å².